The lowest BCUT2D eigenvalue weighted by molar-refractivity contribution is -0.147. The second kappa shape index (κ2) is 4.29. The van der Waals surface area contributed by atoms with Crippen LogP contribution in [-0.2, 0) is 9.53 Å². The number of allylic oxidation sites excluding steroid dienone is 1. The minimum Gasteiger partial charge on any atom is -0.462 e. The molecular weight excluding hydrogens is 152 g/mol. The van der Waals surface area contributed by atoms with Crippen molar-refractivity contribution in [2.75, 3.05) is 0 Å². The van der Waals surface area contributed by atoms with E-state index in [-0.39, 0.29) is 18.0 Å². The lowest BCUT2D eigenvalue weighted by Crippen LogP contribution is -2.13. The predicted molar refractivity (Wildman–Crippen MR) is 47.7 cm³/mol. The molecule has 0 radical (unpaired) electrons. The van der Waals surface area contributed by atoms with Crippen LogP contribution in [0.15, 0.2) is 12.2 Å². The van der Waals surface area contributed by atoms with Gasteiger partial charge in [-0.1, -0.05) is 19.1 Å². The Hall–Kier alpha value is -0.790. The third kappa shape index (κ3) is 3.07. The summed E-state index contributed by atoms with van der Waals surface area (Å²) >= 11 is 0. The van der Waals surface area contributed by atoms with Crippen LogP contribution in [0.25, 0.3) is 0 Å². The Morgan fingerprint density at radius 2 is 2.33 bits per heavy atom. The molecule has 1 saturated carbocycles. The van der Waals surface area contributed by atoms with Crippen molar-refractivity contribution >= 4 is 5.97 Å². The molecule has 0 aliphatic heterocycles. The summed E-state index contributed by atoms with van der Waals surface area (Å²) in [6.07, 6.45) is 7.21. The van der Waals surface area contributed by atoms with Gasteiger partial charge in [0.2, 0.25) is 0 Å². The van der Waals surface area contributed by atoms with Crippen LogP contribution in [0.4, 0.5) is 0 Å². The van der Waals surface area contributed by atoms with Gasteiger partial charge in [0, 0.05) is 0 Å². The molecule has 0 spiro atoms. The number of hydrogen-bond donors (Lipinski definition) is 0. The van der Waals surface area contributed by atoms with E-state index in [0.717, 1.165) is 19.3 Å². The van der Waals surface area contributed by atoms with E-state index in [9.17, 15) is 4.79 Å². The van der Waals surface area contributed by atoms with Crippen LogP contribution in [0.2, 0.25) is 0 Å². The van der Waals surface area contributed by atoms with Gasteiger partial charge >= 0.3 is 5.97 Å². The summed E-state index contributed by atoms with van der Waals surface area (Å²) in [5, 5.41) is 0. The Morgan fingerprint density at radius 1 is 1.67 bits per heavy atom. The molecule has 0 heterocycles. The van der Waals surface area contributed by atoms with E-state index >= 15 is 0 Å². The normalized spacial score (nSPS) is 19.5. The number of hydrogen-bond acceptors (Lipinski definition) is 2. The minimum absolute atomic E-state index is 0.0782. The van der Waals surface area contributed by atoms with E-state index < -0.39 is 0 Å². The van der Waals surface area contributed by atoms with Gasteiger partial charge in [-0.15, -0.1) is 0 Å². The van der Waals surface area contributed by atoms with Crippen LogP contribution >= 0.6 is 0 Å². The third-order valence-electron chi connectivity index (χ3n) is 1.84. The molecule has 0 aromatic carbocycles. The van der Waals surface area contributed by atoms with Crippen molar-refractivity contribution in [2.45, 2.75) is 39.2 Å². The first-order valence-electron chi connectivity index (χ1n) is 4.61. The molecule has 12 heavy (non-hydrogen) atoms. The van der Waals surface area contributed by atoms with Crippen molar-refractivity contribution in [3.8, 4) is 0 Å². The maximum absolute atomic E-state index is 11.2. The van der Waals surface area contributed by atoms with Crippen LogP contribution in [0.3, 0.4) is 0 Å². The molecule has 0 aromatic rings. The second-order valence-corrected chi connectivity index (χ2v) is 3.26. The molecule has 1 atom stereocenters. The first-order valence-corrected chi connectivity index (χ1v) is 4.61. The number of carbonyl (C=O) groups is 1. The summed E-state index contributed by atoms with van der Waals surface area (Å²) in [5.41, 5.74) is 0. The van der Waals surface area contributed by atoms with E-state index in [4.69, 9.17) is 4.74 Å². The van der Waals surface area contributed by atoms with E-state index in [0.29, 0.717) is 0 Å². The number of carbonyl (C=O) groups excluding carboxylic acids is 1. The second-order valence-electron chi connectivity index (χ2n) is 3.26. The van der Waals surface area contributed by atoms with Crippen molar-refractivity contribution < 1.29 is 9.53 Å². The van der Waals surface area contributed by atoms with Crippen molar-refractivity contribution in [3.05, 3.63) is 12.2 Å². The molecule has 1 aliphatic carbocycles. The zero-order chi connectivity index (χ0) is 8.97. The Balaban J connectivity index is 2.24. The van der Waals surface area contributed by atoms with Gasteiger partial charge in [0.05, 0.1) is 5.92 Å². The van der Waals surface area contributed by atoms with E-state index in [2.05, 4.69) is 6.92 Å². The number of ether oxygens (including phenoxy) is 1. The van der Waals surface area contributed by atoms with Gasteiger partial charge in [-0.2, -0.15) is 0 Å². The lowest BCUT2D eigenvalue weighted by Gasteiger charge is -2.05. The van der Waals surface area contributed by atoms with E-state index in [1.807, 2.05) is 19.1 Å². The summed E-state index contributed by atoms with van der Waals surface area (Å²) in [5.74, 6) is -0.159. The maximum Gasteiger partial charge on any atom is 0.312 e. The van der Waals surface area contributed by atoms with E-state index in [1.165, 1.54) is 0 Å². The molecule has 1 unspecified atom stereocenters. The van der Waals surface area contributed by atoms with Gasteiger partial charge in [-0.05, 0) is 26.2 Å². The fraction of sp³-hybridized carbons (Fsp3) is 0.700. The van der Waals surface area contributed by atoms with Gasteiger partial charge in [-0.3, -0.25) is 4.79 Å². The fourth-order valence-electron chi connectivity index (χ4n) is 0.876. The SMILES string of the molecule is CCC=CC(C)C(=O)OC1CC1. The quantitative estimate of drug-likeness (QED) is 0.475. The summed E-state index contributed by atoms with van der Waals surface area (Å²) in [7, 11) is 0. The molecule has 2 nitrogen and oxygen atoms in total. The molecule has 0 amide bonds. The zero-order valence-electron chi connectivity index (χ0n) is 7.75. The van der Waals surface area contributed by atoms with Crippen molar-refractivity contribution in [1.29, 1.82) is 0 Å². The summed E-state index contributed by atoms with van der Waals surface area (Å²) in [6, 6.07) is 0. The lowest BCUT2D eigenvalue weighted by atomic mass is 10.1. The molecule has 2 heteroatoms. The van der Waals surface area contributed by atoms with Gasteiger partial charge < -0.3 is 4.74 Å². The Kier molecular flexibility index (Phi) is 3.32. The molecule has 0 aromatic heterocycles. The Morgan fingerprint density at radius 3 is 2.83 bits per heavy atom. The molecular formula is C10H16O2. The van der Waals surface area contributed by atoms with Gasteiger partial charge in [0.25, 0.3) is 0 Å². The molecule has 1 aliphatic rings. The molecule has 68 valence electrons. The average Bonchev–Trinajstić information content (AvgIpc) is 2.83. The number of rotatable bonds is 4. The fourth-order valence-corrected chi connectivity index (χ4v) is 0.876. The zero-order valence-corrected chi connectivity index (χ0v) is 7.75. The van der Waals surface area contributed by atoms with Crippen LogP contribution in [0.5, 0.6) is 0 Å². The summed E-state index contributed by atoms with van der Waals surface area (Å²) in [6.45, 7) is 3.92. The first-order chi connectivity index (χ1) is 5.74. The molecule has 1 fully saturated rings. The van der Waals surface area contributed by atoms with Crippen molar-refractivity contribution in [2.24, 2.45) is 5.92 Å². The van der Waals surface area contributed by atoms with Crippen LogP contribution in [0.1, 0.15) is 33.1 Å². The monoisotopic (exact) mass is 168 g/mol. The Bertz CT molecular complexity index is 180. The minimum atomic E-state index is -0.0813. The molecule has 0 saturated heterocycles. The van der Waals surface area contributed by atoms with Crippen LogP contribution in [-0.4, -0.2) is 12.1 Å². The predicted octanol–water partition coefficient (Wildman–Crippen LogP) is 2.29. The largest absolute Gasteiger partial charge is 0.462 e. The standard InChI is InChI=1S/C10H16O2/c1-3-4-5-8(2)10(11)12-9-6-7-9/h4-5,8-9H,3,6-7H2,1-2H3. The van der Waals surface area contributed by atoms with Crippen molar-refractivity contribution in [1.82, 2.24) is 0 Å². The first kappa shape index (κ1) is 9.30. The summed E-state index contributed by atoms with van der Waals surface area (Å²) < 4.78 is 5.13. The van der Waals surface area contributed by atoms with Crippen LogP contribution < -0.4 is 0 Å². The Labute approximate surface area is 73.6 Å². The average molecular weight is 168 g/mol. The highest BCUT2D eigenvalue weighted by molar-refractivity contribution is 5.74. The molecule has 0 bridgehead atoms. The smallest absolute Gasteiger partial charge is 0.312 e. The molecule has 0 N–H and O–H groups in total. The summed E-state index contributed by atoms with van der Waals surface area (Å²) in [4.78, 5) is 11.2. The van der Waals surface area contributed by atoms with Gasteiger partial charge in [-0.25, -0.2) is 0 Å². The van der Waals surface area contributed by atoms with E-state index in [1.54, 1.807) is 0 Å². The maximum atomic E-state index is 11.2. The van der Waals surface area contributed by atoms with Gasteiger partial charge in [0.15, 0.2) is 0 Å². The highest BCUT2D eigenvalue weighted by Gasteiger charge is 2.27. The van der Waals surface area contributed by atoms with Crippen LogP contribution in [0, 0.1) is 5.92 Å². The highest BCUT2D eigenvalue weighted by Crippen LogP contribution is 2.24. The van der Waals surface area contributed by atoms with Gasteiger partial charge in [0.1, 0.15) is 6.10 Å². The number of esters is 1. The molecule has 1 rings (SSSR count). The third-order valence-corrected chi connectivity index (χ3v) is 1.84. The highest BCUT2D eigenvalue weighted by atomic mass is 16.5. The van der Waals surface area contributed by atoms with Crippen molar-refractivity contribution in [3.63, 3.8) is 0 Å². The topological polar surface area (TPSA) is 26.3 Å².